The van der Waals surface area contributed by atoms with Crippen LogP contribution >= 0.6 is 0 Å². The Kier molecular flexibility index (Phi) is 13.3. The molecule has 0 aliphatic rings. The smallest absolute Gasteiger partial charge is 0.339 e. The van der Waals surface area contributed by atoms with Crippen molar-refractivity contribution in [3.63, 3.8) is 0 Å². The van der Waals surface area contributed by atoms with Gasteiger partial charge in [0.25, 0.3) is 0 Å². The van der Waals surface area contributed by atoms with E-state index in [1.165, 1.54) is 6.08 Å². The molecule has 0 N–H and O–H groups in total. The fraction of sp³-hybridized carbons (Fsp3) is 0.368. The van der Waals surface area contributed by atoms with E-state index in [0.717, 1.165) is 78.7 Å². The number of nitrogens with zero attached hydrogens (tertiary/aromatic N) is 1. The summed E-state index contributed by atoms with van der Waals surface area (Å²) in [6.07, 6.45) is 8.81. The summed E-state index contributed by atoms with van der Waals surface area (Å²) in [6.45, 7) is 2.74. The Morgan fingerprint density at radius 1 is 0.674 bits per heavy atom. The number of ether oxygens (including phenoxy) is 5. The van der Waals surface area contributed by atoms with Crippen molar-refractivity contribution in [2.24, 2.45) is 0 Å². The van der Waals surface area contributed by atoms with Gasteiger partial charge in [-0.1, -0.05) is 61.4 Å². The van der Waals surface area contributed by atoms with E-state index in [1.54, 1.807) is 39.5 Å². The normalized spacial score (nSPS) is 11.3. The number of hydrogen-bond acceptors (Lipinski definition) is 8. The third-order valence-corrected chi connectivity index (χ3v) is 7.92. The standard InChI is InChI=1S/C38H45NO7/c1-39(21-11-5-6-13-23-45-35(40)20-19-28-25-33(42-2)37(44-4)34(26-28)43-3)22-12-14-24-46-38(41)36-31-17-9-7-15-29(31)27-30-16-8-10-18-32(30)36/h7-10,15-20,25-27H,5-6,11-14,21-24H2,1-4H3/b20-19+. The lowest BCUT2D eigenvalue weighted by Crippen LogP contribution is -2.21. The first-order valence-corrected chi connectivity index (χ1v) is 15.9. The first kappa shape index (κ1) is 34.3. The van der Waals surface area contributed by atoms with Crippen LogP contribution in [0.2, 0.25) is 0 Å². The van der Waals surface area contributed by atoms with Crippen molar-refractivity contribution in [1.29, 1.82) is 0 Å². The first-order valence-electron chi connectivity index (χ1n) is 15.9. The molecule has 0 aliphatic carbocycles. The van der Waals surface area contributed by atoms with Gasteiger partial charge >= 0.3 is 11.9 Å². The molecule has 0 heterocycles. The average molecular weight is 628 g/mol. The maximum absolute atomic E-state index is 13.1. The highest BCUT2D eigenvalue weighted by Crippen LogP contribution is 2.38. The minimum absolute atomic E-state index is 0.262. The lowest BCUT2D eigenvalue weighted by Gasteiger charge is -2.16. The van der Waals surface area contributed by atoms with Gasteiger partial charge in [0.1, 0.15) is 0 Å². The average Bonchev–Trinajstić information content (AvgIpc) is 3.08. The molecule has 0 radical (unpaired) electrons. The van der Waals surface area contributed by atoms with Gasteiger partial charge < -0.3 is 28.6 Å². The SMILES string of the molecule is COc1cc(/C=C/C(=O)OCCCCCCN(C)CCCCOC(=O)c2c3ccccc3cc3ccccc23)cc(OC)c1OC. The van der Waals surface area contributed by atoms with E-state index < -0.39 is 0 Å². The van der Waals surface area contributed by atoms with Crippen LogP contribution in [0.5, 0.6) is 17.2 Å². The van der Waals surface area contributed by atoms with E-state index in [1.807, 2.05) is 48.5 Å². The van der Waals surface area contributed by atoms with Gasteiger partial charge in [0, 0.05) is 6.08 Å². The first-order chi connectivity index (χ1) is 22.4. The highest BCUT2D eigenvalue weighted by atomic mass is 16.5. The second kappa shape index (κ2) is 17.8. The number of hydrogen-bond donors (Lipinski definition) is 0. The molecule has 4 rings (SSSR count). The third kappa shape index (κ3) is 9.47. The van der Waals surface area contributed by atoms with E-state index in [-0.39, 0.29) is 11.9 Å². The van der Waals surface area contributed by atoms with E-state index in [9.17, 15) is 9.59 Å². The zero-order chi connectivity index (χ0) is 32.7. The number of unbranched alkanes of at least 4 members (excludes halogenated alkanes) is 4. The molecule has 46 heavy (non-hydrogen) atoms. The molecular weight excluding hydrogens is 582 g/mol. The van der Waals surface area contributed by atoms with Crippen molar-refractivity contribution in [1.82, 2.24) is 4.90 Å². The van der Waals surface area contributed by atoms with Crippen LogP contribution in [0.4, 0.5) is 0 Å². The van der Waals surface area contributed by atoms with Crippen molar-refractivity contribution >= 4 is 39.6 Å². The van der Waals surface area contributed by atoms with Crippen LogP contribution in [0.25, 0.3) is 27.6 Å². The number of carbonyl (C=O) groups excluding carboxylic acids is 2. The van der Waals surface area contributed by atoms with Crippen LogP contribution in [0.1, 0.15) is 54.4 Å². The topological polar surface area (TPSA) is 83.5 Å². The molecule has 4 aromatic rings. The molecule has 0 saturated carbocycles. The Labute approximate surface area is 271 Å². The Morgan fingerprint density at radius 3 is 1.83 bits per heavy atom. The van der Waals surface area contributed by atoms with E-state index in [0.29, 0.717) is 36.0 Å². The van der Waals surface area contributed by atoms with Crippen LogP contribution < -0.4 is 14.2 Å². The summed E-state index contributed by atoms with van der Waals surface area (Å²) in [5, 5.41) is 3.93. The highest BCUT2D eigenvalue weighted by molar-refractivity contribution is 6.16. The molecule has 8 heteroatoms. The summed E-state index contributed by atoms with van der Waals surface area (Å²) in [7, 11) is 6.77. The van der Waals surface area contributed by atoms with E-state index in [2.05, 4.69) is 18.0 Å². The maximum atomic E-state index is 13.1. The fourth-order valence-corrected chi connectivity index (χ4v) is 5.49. The zero-order valence-electron chi connectivity index (χ0n) is 27.4. The number of rotatable bonds is 18. The summed E-state index contributed by atoms with van der Waals surface area (Å²) >= 11 is 0. The Balaban J connectivity index is 1.07. The van der Waals surface area contributed by atoms with Gasteiger partial charge in [0.15, 0.2) is 11.5 Å². The molecule has 8 nitrogen and oxygen atoms in total. The minimum Gasteiger partial charge on any atom is -0.493 e. The summed E-state index contributed by atoms with van der Waals surface area (Å²) < 4.78 is 27.1. The highest BCUT2D eigenvalue weighted by Gasteiger charge is 2.16. The molecule has 0 aliphatic heterocycles. The molecule has 0 aromatic heterocycles. The van der Waals surface area contributed by atoms with Crippen LogP contribution in [0.15, 0.2) is 72.8 Å². The molecule has 0 bridgehead atoms. The van der Waals surface area contributed by atoms with Crippen molar-refractivity contribution in [3.05, 3.63) is 83.9 Å². The Hall–Kier alpha value is -4.56. The van der Waals surface area contributed by atoms with E-state index >= 15 is 0 Å². The second-order valence-corrected chi connectivity index (χ2v) is 11.2. The predicted octanol–water partition coefficient (Wildman–Crippen LogP) is 7.70. The number of methoxy groups -OCH3 is 3. The van der Waals surface area contributed by atoms with Gasteiger partial charge in [-0.15, -0.1) is 0 Å². The van der Waals surface area contributed by atoms with Gasteiger partial charge in [-0.25, -0.2) is 9.59 Å². The summed E-state index contributed by atoms with van der Waals surface area (Å²) in [5.41, 5.74) is 1.39. The maximum Gasteiger partial charge on any atom is 0.339 e. The van der Waals surface area contributed by atoms with Crippen molar-refractivity contribution < 1.29 is 33.3 Å². The lowest BCUT2D eigenvalue weighted by atomic mass is 9.97. The van der Waals surface area contributed by atoms with Gasteiger partial charge in [0.05, 0.1) is 40.1 Å². The third-order valence-electron chi connectivity index (χ3n) is 7.92. The van der Waals surface area contributed by atoms with Crippen LogP contribution in [-0.2, 0) is 14.3 Å². The van der Waals surface area contributed by atoms with Crippen LogP contribution in [0.3, 0.4) is 0 Å². The van der Waals surface area contributed by atoms with Gasteiger partial charge in [0.2, 0.25) is 5.75 Å². The van der Waals surface area contributed by atoms with Crippen LogP contribution in [-0.4, -0.2) is 71.5 Å². The second-order valence-electron chi connectivity index (χ2n) is 11.2. The number of fused-ring (bicyclic) bond motifs is 2. The molecule has 0 atom stereocenters. The van der Waals surface area contributed by atoms with Crippen molar-refractivity contribution in [2.45, 2.75) is 38.5 Å². The Morgan fingerprint density at radius 2 is 1.22 bits per heavy atom. The van der Waals surface area contributed by atoms with Crippen LogP contribution in [0, 0.1) is 0 Å². The molecule has 4 aromatic carbocycles. The monoisotopic (exact) mass is 627 g/mol. The van der Waals surface area contributed by atoms with Crippen molar-refractivity contribution in [3.8, 4) is 17.2 Å². The summed E-state index contributed by atoms with van der Waals surface area (Å²) in [6, 6.07) is 21.6. The van der Waals surface area contributed by atoms with Crippen molar-refractivity contribution in [2.75, 3.05) is 54.7 Å². The molecule has 0 saturated heterocycles. The van der Waals surface area contributed by atoms with Gasteiger partial charge in [-0.05, 0) is 97.2 Å². The predicted molar refractivity (Wildman–Crippen MR) is 183 cm³/mol. The number of esters is 2. The zero-order valence-corrected chi connectivity index (χ0v) is 27.4. The minimum atomic E-state index is -0.385. The lowest BCUT2D eigenvalue weighted by molar-refractivity contribution is -0.137. The van der Waals surface area contributed by atoms with Gasteiger partial charge in [-0.2, -0.15) is 0 Å². The molecule has 0 unspecified atom stereocenters. The van der Waals surface area contributed by atoms with E-state index in [4.69, 9.17) is 23.7 Å². The summed E-state index contributed by atoms with van der Waals surface area (Å²) in [5.74, 6) is 0.896. The Bertz CT molecular complexity index is 1550. The number of benzene rings is 4. The number of carbonyl (C=O) groups is 2. The molecular formula is C38H45NO7. The molecule has 0 fully saturated rings. The molecule has 0 amide bonds. The molecule has 244 valence electrons. The summed E-state index contributed by atoms with van der Waals surface area (Å²) in [4.78, 5) is 27.6. The fourth-order valence-electron chi connectivity index (χ4n) is 5.49. The quantitative estimate of drug-likeness (QED) is 0.0480. The van der Waals surface area contributed by atoms with Gasteiger partial charge in [-0.3, -0.25) is 0 Å². The molecule has 0 spiro atoms. The largest absolute Gasteiger partial charge is 0.493 e.